The molecule has 4 heteroatoms. The Morgan fingerprint density at radius 1 is 1.05 bits per heavy atom. The number of rotatable bonds is 4. The molecule has 0 radical (unpaired) electrons. The Balaban J connectivity index is 1.78. The Morgan fingerprint density at radius 3 is 2.41 bits per heavy atom. The minimum atomic E-state index is 0.105. The zero-order valence-corrected chi connectivity index (χ0v) is 12.6. The van der Waals surface area contributed by atoms with Gasteiger partial charge in [0.25, 0.3) is 0 Å². The average molecular weight is 295 g/mol. The van der Waals surface area contributed by atoms with Crippen LogP contribution in [0.15, 0.2) is 48.5 Å². The van der Waals surface area contributed by atoms with E-state index in [4.69, 9.17) is 15.9 Å². The molecule has 1 aliphatic heterocycles. The summed E-state index contributed by atoms with van der Waals surface area (Å²) in [5, 5.41) is 7.70. The van der Waals surface area contributed by atoms with Gasteiger partial charge >= 0.3 is 0 Å². The molecule has 2 aromatic carbocycles. The van der Waals surface area contributed by atoms with E-state index in [1.165, 1.54) is 5.56 Å². The first-order valence-electron chi connectivity index (χ1n) is 7.57. The van der Waals surface area contributed by atoms with Crippen LogP contribution >= 0.6 is 0 Å². The molecule has 114 valence electrons. The van der Waals surface area contributed by atoms with Crippen LogP contribution in [-0.4, -0.2) is 37.0 Å². The number of morpholine rings is 1. The maximum atomic E-state index is 7.70. The molecule has 0 bridgehead atoms. The van der Waals surface area contributed by atoms with Crippen LogP contribution in [0.25, 0.3) is 11.1 Å². The van der Waals surface area contributed by atoms with E-state index < -0.39 is 0 Å². The second-order valence-electron chi connectivity index (χ2n) is 5.54. The summed E-state index contributed by atoms with van der Waals surface area (Å²) < 4.78 is 5.38. The normalized spacial score (nSPS) is 15.6. The number of nitrogen functional groups attached to an aromatic ring is 1. The Hall–Kier alpha value is -2.17. The van der Waals surface area contributed by atoms with E-state index in [1.54, 1.807) is 0 Å². The van der Waals surface area contributed by atoms with E-state index in [1.807, 2.05) is 24.3 Å². The van der Waals surface area contributed by atoms with E-state index in [0.717, 1.165) is 49.5 Å². The summed E-state index contributed by atoms with van der Waals surface area (Å²) in [4.78, 5) is 2.40. The molecule has 2 aromatic rings. The van der Waals surface area contributed by atoms with Crippen LogP contribution in [-0.2, 0) is 11.3 Å². The maximum Gasteiger partial charge on any atom is 0.123 e. The van der Waals surface area contributed by atoms with Gasteiger partial charge in [0, 0.05) is 25.2 Å². The quantitative estimate of drug-likeness (QED) is 0.673. The van der Waals surface area contributed by atoms with Crippen LogP contribution in [0.2, 0.25) is 0 Å². The van der Waals surface area contributed by atoms with Crippen LogP contribution in [0, 0.1) is 5.41 Å². The molecule has 1 heterocycles. The highest BCUT2D eigenvalue weighted by Crippen LogP contribution is 2.24. The molecule has 22 heavy (non-hydrogen) atoms. The van der Waals surface area contributed by atoms with Crippen molar-refractivity contribution in [1.82, 2.24) is 4.90 Å². The summed E-state index contributed by atoms with van der Waals surface area (Å²) in [5.41, 5.74) is 9.85. The third-order valence-electron chi connectivity index (χ3n) is 3.99. The number of amidine groups is 1. The summed E-state index contributed by atoms with van der Waals surface area (Å²) in [6.07, 6.45) is 0. The largest absolute Gasteiger partial charge is 0.384 e. The van der Waals surface area contributed by atoms with Crippen molar-refractivity contribution in [3.05, 3.63) is 59.7 Å². The van der Waals surface area contributed by atoms with E-state index in [-0.39, 0.29) is 5.84 Å². The lowest BCUT2D eigenvalue weighted by Crippen LogP contribution is -2.35. The number of hydrogen-bond donors (Lipinski definition) is 2. The zero-order chi connectivity index (χ0) is 15.4. The fourth-order valence-corrected chi connectivity index (χ4v) is 2.78. The first-order valence-corrected chi connectivity index (χ1v) is 7.57. The predicted octanol–water partition coefficient (Wildman–Crippen LogP) is 2.47. The Kier molecular flexibility index (Phi) is 4.51. The van der Waals surface area contributed by atoms with E-state index in [0.29, 0.717) is 0 Å². The minimum Gasteiger partial charge on any atom is -0.384 e. The highest BCUT2D eigenvalue weighted by Gasteiger charge is 2.11. The smallest absolute Gasteiger partial charge is 0.123 e. The van der Waals surface area contributed by atoms with Gasteiger partial charge < -0.3 is 10.5 Å². The summed E-state index contributed by atoms with van der Waals surface area (Å²) in [6.45, 7) is 4.59. The summed E-state index contributed by atoms with van der Waals surface area (Å²) in [7, 11) is 0. The SMILES string of the molecule is N=C(N)c1ccccc1-c1ccc(CN2CCOCC2)cc1. The number of ether oxygens (including phenoxy) is 1. The topological polar surface area (TPSA) is 62.3 Å². The first-order chi connectivity index (χ1) is 10.7. The summed E-state index contributed by atoms with van der Waals surface area (Å²) >= 11 is 0. The van der Waals surface area contributed by atoms with Gasteiger partial charge in [0.2, 0.25) is 0 Å². The standard InChI is InChI=1S/C18H21N3O/c19-18(20)17-4-2-1-3-16(17)15-7-5-14(6-8-15)13-21-9-11-22-12-10-21/h1-8H,9-13H2,(H3,19,20). The lowest BCUT2D eigenvalue weighted by Gasteiger charge is -2.26. The molecular weight excluding hydrogens is 274 g/mol. The van der Waals surface area contributed by atoms with Crippen LogP contribution in [0.1, 0.15) is 11.1 Å². The Bertz CT molecular complexity index is 646. The molecule has 0 amide bonds. The second kappa shape index (κ2) is 6.73. The molecule has 0 atom stereocenters. The fourth-order valence-electron chi connectivity index (χ4n) is 2.78. The minimum absolute atomic E-state index is 0.105. The predicted molar refractivity (Wildman–Crippen MR) is 89.0 cm³/mol. The third kappa shape index (κ3) is 3.35. The lowest BCUT2D eigenvalue weighted by atomic mass is 9.98. The van der Waals surface area contributed by atoms with Gasteiger partial charge in [-0.3, -0.25) is 10.3 Å². The second-order valence-corrected chi connectivity index (χ2v) is 5.54. The van der Waals surface area contributed by atoms with Gasteiger partial charge in [0.15, 0.2) is 0 Å². The van der Waals surface area contributed by atoms with Gasteiger partial charge in [-0.05, 0) is 16.7 Å². The van der Waals surface area contributed by atoms with Gasteiger partial charge in [0.05, 0.1) is 13.2 Å². The maximum absolute atomic E-state index is 7.70. The van der Waals surface area contributed by atoms with Crippen LogP contribution in [0.3, 0.4) is 0 Å². The fraction of sp³-hybridized carbons (Fsp3) is 0.278. The molecule has 0 saturated carbocycles. The summed E-state index contributed by atoms with van der Waals surface area (Å²) in [5.74, 6) is 0.105. The summed E-state index contributed by atoms with van der Waals surface area (Å²) in [6, 6.07) is 16.3. The molecule has 0 unspecified atom stereocenters. The van der Waals surface area contributed by atoms with Crippen molar-refractivity contribution in [2.75, 3.05) is 26.3 Å². The van der Waals surface area contributed by atoms with Crippen molar-refractivity contribution >= 4 is 5.84 Å². The Morgan fingerprint density at radius 2 is 1.73 bits per heavy atom. The third-order valence-corrected chi connectivity index (χ3v) is 3.99. The molecule has 3 rings (SSSR count). The van der Waals surface area contributed by atoms with Crippen molar-refractivity contribution in [3.63, 3.8) is 0 Å². The van der Waals surface area contributed by atoms with Gasteiger partial charge in [-0.25, -0.2) is 0 Å². The first kappa shape index (κ1) is 14.8. The highest BCUT2D eigenvalue weighted by atomic mass is 16.5. The monoisotopic (exact) mass is 295 g/mol. The highest BCUT2D eigenvalue weighted by molar-refractivity contribution is 6.01. The van der Waals surface area contributed by atoms with Gasteiger partial charge in [0.1, 0.15) is 5.84 Å². The molecular formula is C18H21N3O. The van der Waals surface area contributed by atoms with E-state index in [2.05, 4.69) is 29.2 Å². The molecule has 0 spiro atoms. The van der Waals surface area contributed by atoms with Crippen LogP contribution in [0.4, 0.5) is 0 Å². The zero-order valence-electron chi connectivity index (χ0n) is 12.6. The molecule has 1 saturated heterocycles. The number of hydrogen-bond acceptors (Lipinski definition) is 3. The van der Waals surface area contributed by atoms with Crippen molar-refractivity contribution in [2.45, 2.75) is 6.54 Å². The van der Waals surface area contributed by atoms with E-state index >= 15 is 0 Å². The number of nitrogens with zero attached hydrogens (tertiary/aromatic N) is 1. The van der Waals surface area contributed by atoms with Crippen molar-refractivity contribution < 1.29 is 4.74 Å². The van der Waals surface area contributed by atoms with Gasteiger partial charge in [-0.1, -0.05) is 48.5 Å². The molecule has 0 aromatic heterocycles. The Labute approximate surface area is 131 Å². The lowest BCUT2D eigenvalue weighted by molar-refractivity contribution is 0.0342. The van der Waals surface area contributed by atoms with Crippen LogP contribution in [0.5, 0.6) is 0 Å². The number of nitrogens with two attached hydrogens (primary N) is 1. The molecule has 1 fully saturated rings. The van der Waals surface area contributed by atoms with Crippen molar-refractivity contribution in [3.8, 4) is 11.1 Å². The number of nitrogens with one attached hydrogen (secondary N) is 1. The molecule has 0 aliphatic carbocycles. The molecule has 4 nitrogen and oxygen atoms in total. The molecule has 3 N–H and O–H groups in total. The molecule has 1 aliphatic rings. The van der Waals surface area contributed by atoms with Crippen molar-refractivity contribution in [1.29, 1.82) is 5.41 Å². The average Bonchev–Trinajstić information content (AvgIpc) is 2.56. The van der Waals surface area contributed by atoms with Gasteiger partial charge in [-0.2, -0.15) is 0 Å². The van der Waals surface area contributed by atoms with Gasteiger partial charge in [-0.15, -0.1) is 0 Å². The van der Waals surface area contributed by atoms with Crippen molar-refractivity contribution in [2.24, 2.45) is 5.73 Å². The van der Waals surface area contributed by atoms with E-state index in [9.17, 15) is 0 Å². The van der Waals surface area contributed by atoms with Crippen LogP contribution < -0.4 is 5.73 Å². The number of benzene rings is 2.